The Bertz CT molecular complexity index is 6790. The van der Waals surface area contributed by atoms with Crippen molar-refractivity contribution in [2.45, 2.75) is 0 Å². The third-order valence-electron chi connectivity index (χ3n) is 21.6. The molecule has 0 amide bonds. The van der Waals surface area contributed by atoms with E-state index in [4.69, 9.17) is 19.9 Å². The van der Waals surface area contributed by atoms with Crippen LogP contribution in [0.4, 0.5) is 0 Å². The normalized spacial score (nSPS) is 11.5. The van der Waals surface area contributed by atoms with Crippen LogP contribution in [0.5, 0.6) is 0 Å². The van der Waals surface area contributed by atoms with Crippen molar-refractivity contribution in [3.05, 3.63) is 375 Å². The van der Waals surface area contributed by atoms with Crippen LogP contribution in [0.25, 0.3) is 211 Å². The fourth-order valence-electron chi connectivity index (χ4n) is 16.4. The van der Waals surface area contributed by atoms with E-state index in [1.165, 1.54) is 104 Å². The monoisotopic (exact) mass is 1370 g/mol. The molecule has 0 saturated heterocycles. The minimum absolute atomic E-state index is 0.655. The zero-order chi connectivity index (χ0) is 71.8. The Morgan fingerprint density at radius 1 is 0.176 bits per heavy atom. The fourth-order valence-corrected chi connectivity index (χ4v) is 16.4. The van der Waals surface area contributed by atoms with Crippen LogP contribution in [0.15, 0.2) is 364 Å². The zero-order valence-electron chi connectivity index (χ0n) is 58.3. The number of fused-ring (bicyclic) bond motifs is 10. The van der Waals surface area contributed by atoms with Crippen molar-refractivity contribution in [2.24, 2.45) is 0 Å². The lowest BCUT2D eigenvalue weighted by Crippen LogP contribution is -1.96. The summed E-state index contributed by atoms with van der Waals surface area (Å²) >= 11 is 0. The molecule has 17 aromatic carbocycles. The number of benzene rings is 17. The van der Waals surface area contributed by atoms with Gasteiger partial charge in [0.15, 0.2) is 11.6 Å². The quantitative estimate of drug-likeness (QED) is 0.127. The van der Waals surface area contributed by atoms with Crippen LogP contribution in [0.2, 0.25) is 0 Å². The summed E-state index contributed by atoms with van der Waals surface area (Å²) in [7, 11) is 0. The standard InChI is InChI=1S/C53H31N3.C49H29N3/c54-32-33-18-20-34(21-19-33)39-26-27-46-40-14-7-8-15-41(40)47-29-28-45(51(39)52(46)47)42-16-9-17-43-44(42)25-24-35-22-23-38(30-48(35)43)50-31-49(36-10-3-1-4-11-36)55-53(56-50)37-12-5-2-6-13-37;50-30-31-15-17-32(18-16-31)39-23-25-43-41-13-7-8-14-42(41)44-26-24-40(47(39)48(43)44)37-21-19-36-28-38(22-20-35(36)27-37)46-29-45(33-9-3-1-4-10-33)51-49(52-46)34-11-5-2-6-12-34/h1-31H;1-29H. The smallest absolute Gasteiger partial charge is 0.160 e. The molecule has 108 heavy (non-hydrogen) atoms. The maximum atomic E-state index is 9.57. The molecule has 6 nitrogen and oxygen atoms in total. The molecule has 0 aliphatic heterocycles. The summed E-state index contributed by atoms with van der Waals surface area (Å²) in [5, 5.41) is 31.1. The zero-order valence-corrected chi connectivity index (χ0v) is 58.3. The molecule has 21 rings (SSSR count). The molecule has 0 spiro atoms. The number of hydrogen-bond acceptors (Lipinski definition) is 6. The Balaban J connectivity index is 0.000000143. The molecular weight excluding hydrogens is 1310 g/mol. The van der Waals surface area contributed by atoms with Gasteiger partial charge in [0.1, 0.15) is 0 Å². The average Bonchev–Trinajstić information content (AvgIpc) is 1.53. The number of rotatable bonds is 10. The van der Waals surface area contributed by atoms with Gasteiger partial charge in [0, 0.05) is 33.4 Å². The van der Waals surface area contributed by atoms with Crippen LogP contribution in [0.3, 0.4) is 0 Å². The van der Waals surface area contributed by atoms with E-state index in [1.54, 1.807) is 0 Å². The van der Waals surface area contributed by atoms with Crippen LogP contribution >= 0.6 is 0 Å². The molecule has 0 N–H and O–H groups in total. The molecule has 0 unspecified atom stereocenters. The Hall–Kier alpha value is -14.8. The molecule has 0 bridgehead atoms. The lowest BCUT2D eigenvalue weighted by atomic mass is 9.86. The maximum Gasteiger partial charge on any atom is 0.160 e. The van der Waals surface area contributed by atoms with Gasteiger partial charge in [0.05, 0.1) is 46.0 Å². The van der Waals surface area contributed by atoms with Gasteiger partial charge in [-0.05, 0) is 197 Å². The van der Waals surface area contributed by atoms with E-state index in [9.17, 15) is 10.5 Å². The van der Waals surface area contributed by atoms with Crippen LogP contribution in [-0.4, -0.2) is 19.9 Å². The number of hydrogen-bond donors (Lipinski definition) is 0. The van der Waals surface area contributed by atoms with Crippen LogP contribution in [0, 0.1) is 22.7 Å². The molecule has 2 aromatic heterocycles. The first-order chi connectivity index (χ1) is 53.4. The average molecular weight is 1370 g/mol. The molecule has 498 valence electrons. The third kappa shape index (κ3) is 10.9. The SMILES string of the molecule is N#Cc1ccc(-c2ccc3c4c(ccc(-c5ccc6cc(-c7cc(-c8ccccc8)nc(-c8ccccc8)n7)ccc6c5)c24)-c2ccccc2-3)cc1.N#Cc1ccc(-c2ccc3c4c(ccc(-c5cccc6c5ccc5ccc(-c7cc(-c8ccccc8)nc(-c8ccccc8)n7)cc56)c24)-c2ccccc2-3)cc1. The van der Waals surface area contributed by atoms with E-state index in [1.807, 2.05) is 97.1 Å². The second kappa shape index (κ2) is 26.2. The predicted octanol–water partition coefficient (Wildman–Crippen LogP) is 26.4. The highest BCUT2D eigenvalue weighted by atomic mass is 14.9. The van der Waals surface area contributed by atoms with Crippen molar-refractivity contribution in [2.75, 3.05) is 0 Å². The molecule has 0 radical (unpaired) electrons. The summed E-state index contributed by atoms with van der Waals surface area (Å²) in [5.74, 6) is 1.41. The molecule has 6 heteroatoms. The Morgan fingerprint density at radius 3 is 0.935 bits per heavy atom. The molecule has 2 aliphatic rings. The predicted molar refractivity (Wildman–Crippen MR) is 444 cm³/mol. The van der Waals surface area contributed by atoms with E-state index >= 15 is 0 Å². The minimum atomic E-state index is 0.655. The van der Waals surface area contributed by atoms with Gasteiger partial charge in [-0.2, -0.15) is 10.5 Å². The highest BCUT2D eigenvalue weighted by Gasteiger charge is 2.28. The van der Waals surface area contributed by atoms with E-state index in [-0.39, 0.29) is 0 Å². The summed E-state index contributed by atoms with van der Waals surface area (Å²) in [6.45, 7) is 0. The van der Waals surface area contributed by atoms with Crippen molar-refractivity contribution < 1.29 is 0 Å². The topological polar surface area (TPSA) is 99.1 Å². The van der Waals surface area contributed by atoms with Crippen LogP contribution in [-0.2, 0) is 0 Å². The van der Waals surface area contributed by atoms with Crippen molar-refractivity contribution in [1.82, 2.24) is 19.9 Å². The lowest BCUT2D eigenvalue weighted by Gasteiger charge is -2.17. The highest BCUT2D eigenvalue weighted by Crippen LogP contribution is 2.55. The van der Waals surface area contributed by atoms with Gasteiger partial charge in [-0.25, -0.2) is 19.9 Å². The number of aromatic nitrogens is 4. The number of nitrogens with zero attached hydrogens (tertiary/aromatic N) is 6. The van der Waals surface area contributed by atoms with Crippen LogP contribution < -0.4 is 0 Å². The molecular formula is C102H60N6. The summed E-state index contributed by atoms with van der Waals surface area (Å²) in [6, 6.07) is 133. The van der Waals surface area contributed by atoms with Gasteiger partial charge < -0.3 is 0 Å². The second-order valence-corrected chi connectivity index (χ2v) is 27.7. The summed E-state index contributed by atoms with van der Waals surface area (Å²) in [6.07, 6.45) is 0. The summed E-state index contributed by atoms with van der Waals surface area (Å²) in [5.41, 5.74) is 30.4. The van der Waals surface area contributed by atoms with E-state index in [0.29, 0.717) is 22.8 Å². The molecule has 0 atom stereocenters. The Labute approximate surface area is 624 Å². The molecule has 2 heterocycles. The largest absolute Gasteiger partial charge is 0.228 e. The van der Waals surface area contributed by atoms with Crippen molar-refractivity contribution in [3.63, 3.8) is 0 Å². The summed E-state index contributed by atoms with van der Waals surface area (Å²) < 4.78 is 0. The Morgan fingerprint density at radius 2 is 0.491 bits per heavy atom. The van der Waals surface area contributed by atoms with Gasteiger partial charge in [-0.3, -0.25) is 0 Å². The van der Waals surface area contributed by atoms with Gasteiger partial charge in [0.2, 0.25) is 0 Å². The van der Waals surface area contributed by atoms with Gasteiger partial charge >= 0.3 is 0 Å². The lowest BCUT2D eigenvalue weighted by molar-refractivity contribution is 1.18. The molecule has 0 saturated carbocycles. The van der Waals surface area contributed by atoms with Crippen LogP contribution in [0.1, 0.15) is 11.1 Å². The first kappa shape index (κ1) is 62.9. The van der Waals surface area contributed by atoms with Gasteiger partial charge in [-0.1, -0.05) is 309 Å². The second-order valence-electron chi connectivity index (χ2n) is 27.7. The first-order valence-electron chi connectivity index (χ1n) is 36.3. The van der Waals surface area contributed by atoms with E-state index in [0.717, 1.165) is 94.7 Å². The van der Waals surface area contributed by atoms with E-state index in [2.05, 4.69) is 279 Å². The van der Waals surface area contributed by atoms with Crippen molar-refractivity contribution >= 4 is 53.9 Å². The summed E-state index contributed by atoms with van der Waals surface area (Å²) in [4.78, 5) is 20.2. The highest BCUT2D eigenvalue weighted by molar-refractivity contribution is 6.26. The maximum absolute atomic E-state index is 9.57. The number of nitriles is 2. The first-order valence-corrected chi connectivity index (χ1v) is 36.3. The van der Waals surface area contributed by atoms with Gasteiger partial charge in [0.25, 0.3) is 0 Å². The third-order valence-corrected chi connectivity index (χ3v) is 21.6. The van der Waals surface area contributed by atoms with Crippen molar-refractivity contribution in [3.8, 4) is 169 Å². The fraction of sp³-hybridized carbons (Fsp3) is 0. The Kier molecular flexibility index (Phi) is 15.2. The van der Waals surface area contributed by atoms with Crippen molar-refractivity contribution in [1.29, 1.82) is 10.5 Å². The van der Waals surface area contributed by atoms with E-state index < -0.39 is 0 Å². The molecule has 19 aromatic rings. The van der Waals surface area contributed by atoms with Gasteiger partial charge in [-0.15, -0.1) is 0 Å². The molecule has 2 aliphatic carbocycles. The minimum Gasteiger partial charge on any atom is -0.228 e. The molecule has 0 fully saturated rings.